The number of nitro benzene ring substituents is 1. The first kappa shape index (κ1) is 29.1. The fraction of sp³-hybridized carbons (Fsp3) is 0.417. The number of sulfonamides is 1. The van der Waals surface area contributed by atoms with Crippen LogP contribution in [0.1, 0.15) is 39.2 Å². The van der Waals surface area contributed by atoms with Gasteiger partial charge in [-0.3, -0.25) is 24.0 Å². The summed E-state index contributed by atoms with van der Waals surface area (Å²) in [6.07, 6.45) is 1.87. The number of nitrogens with zero attached hydrogens (tertiary/aromatic N) is 3. The van der Waals surface area contributed by atoms with Crippen molar-refractivity contribution in [2.24, 2.45) is 0 Å². The van der Waals surface area contributed by atoms with Crippen molar-refractivity contribution in [2.75, 3.05) is 17.1 Å². The average Bonchev–Trinajstić information content (AvgIpc) is 2.82. The van der Waals surface area contributed by atoms with E-state index in [9.17, 15) is 28.1 Å². The van der Waals surface area contributed by atoms with E-state index in [1.807, 2.05) is 13.8 Å². The van der Waals surface area contributed by atoms with Gasteiger partial charge < -0.3 is 10.2 Å². The second-order valence-corrected chi connectivity index (χ2v) is 10.7. The van der Waals surface area contributed by atoms with Gasteiger partial charge in [0.1, 0.15) is 12.6 Å². The van der Waals surface area contributed by atoms with Crippen LogP contribution in [0, 0.1) is 10.1 Å². The van der Waals surface area contributed by atoms with Crippen molar-refractivity contribution in [3.63, 3.8) is 0 Å². The highest BCUT2D eigenvalue weighted by Gasteiger charge is 2.32. The Morgan fingerprint density at radius 1 is 1.11 bits per heavy atom. The lowest BCUT2D eigenvalue weighted by Crippen LogP contribution is -2.53. The number of amides is 2. The summed E-state index contributed by atoms with van der Waals surface area (Å²) >= 11 is 6.32. The minimum absolute atomic E-state index is 0.0303. The number of benzene rings is 2. The van der Waals surface area contributed by atoms with Crippen LogP contribution in [0.3, 0.4) is 0 Å². The first-order chi connectivity index (χ1) is 16.9. The van der Waals surface area contributed by atoms with Crippen LogP contribution in [0.25, 0.3) is 0 Å². The summed E-state index contributed by atoms with van der Waals surface area (Å²) < 4.78 is 26.0. The highest BCUT2D eigenvalue weighted by molar-refractivity contribution is 7.92. The van der Waals surface area contributed by atoms with Crippen molar-refractivity contribution in [1.29, 1.82) is 0 Å². The Kier molecular flexibility index (Phi) is 10.2. The first-order valence-electron chi connectivity index (χ1n) is 11.4. The van der Waals surface area contributed by atoms with E-state index in [-0.39, 0.29) is 36.3 Å². The molecule has 2 aromatic carbocycles. The maximum atomic E-state index is 13.6. The molecule has 196 valence electrons. The first-order valence-corrected chi connectivity index (χ1v) is 13.7. The van der Waals surface area contributed by atoms with Gasteiger partial charge in [-0.15, -0.1) is 0 Å². The lowest BCUT2D eigenvalue weighted by atomic mass is 10.1. The summed E-state index contributed by atoms with van der Waals surface area (Å²) in [4.78, 5) is 38.6. The number of non-ortho nitro benzene ring substituents is 1. The molecule has 0 heterocycles. The maximum Gasteiger partial charge on any atom is 0.271 e. The molecule has 2 atom stereocenters. The fourth-order valence-corrected chi connectivity index (χ4v) is 4.58. The smallest absolute Gasteiger partial charge is 0.271 e. The van der Waals surface area contributed by atoms with E-state index in [0.717, 1.165) is 16.6 Å². The molecule has 0 saturated heterocycles. The van der Waals surface area contributed by atoms with Crippen molar-refractivity contribution < 1.29 is 22.9 Å². The second-order valence-electron chi connectivity index (χ2n) is 8.40. The number of nitrogens with one attached hydrogen (secondary N) is 1. The molecule has 0 aliphatic carbocycles. The number of hydrogen-bond donors (Lipinski definition) is 1. The number of hydrogen-bond acceptors (Lipinski definition) is 6. The Hall–Kier alpha value is -3.18. The van der Waals surface area contributed by atoms with Crippen LogP contribution >= 0.6 is 11.6 Å². The summed E-state index contributed by atoms with van der Waals surface area (Å²) in [6.45, 7) is 4.83. The predicted octanol–water partition coefficient (Wildman–Crippen LogP) is 3.74. The molecule has 0 aliphatic rings. The van der Waals surface area contributed by atoms with E-state index >= 15 is 0 Å². The van der Waals surface area contributed by atoms with Gasteiger partial charge in [-0.05, 0) is 37.5 Å². The van der Waals surface area contributed by atoms with E-state index < -0.39 is 33.4 Å². The van der Waals surface area contributed by atoms with E-state index in [1.54, 1.807) is 31.2 Å². The SMILES string of the molecule is CC[C@H](C(=O)N[C@@H](C)CC)N(Cc1ccccc1Cl)C(=O)CN(c1cccc([N+](=O)[O-])c1)S(C)(=O)=O. The van der Waals surface area contributed by atoms with Crippen LogP contribution in [0.2, 0.25) is 5.02 Å². The molecule has 0 bridgehead atoms. The molecular formula is C24H31ClN4O6S. The number of nitro groups is 1. The van der Waals surface area contributed by atoms with Crippen LogP contribution in [-0.2, 0) is 26.2 Å². The summed E-state index contributed by atoms with van der Waals surface area (Å²) in [5.41, 5.74) is 0.235. The van der Waals surface area contributed by atoms with Gasteiger partial charge in [0.15, 0.2) is 0 Å². The van der Waals surface area contributed by atoms with Gasteiger partial charge in [-0.2, -0.15) is 0 Å². The van der Waals surface area contributed by atoms with Crippen molar-refractivity contribution in [3.05, 3.63) is 69.2 Å². The normalized spacial score (nSPS) is 12.9. The Labute approximate surface area is 216 Å². The Bertz CT molecular complexity index is 1210. The second kappa shape index (κ2) is 12.7. The largest absolute Gasteiger partial charge is 0.352 e. The number of carbonyl (C=O) groups is 2. The van der Waals surface area contributed by atoms with Gasteiger partial charge >= 0.3 is 0 Å². The van der Waals surface area contributed by atoms with Crippen LogP contribution in [-0.4, -0.2) is 54.9 Å². The Balaban J connectivity index is 2.49. The molecule has 2 aromatic rings. The summed E-state index contributed by atoms with van der Waals surface area (Å²) in [5.74, 6) is -1.02. The quantitative estimate of drug-likeness (QED) is 0.323. The van der Waals surface area contributed by atoms with Gasteiger partial charge in [0, 0.05) is 29.7 Å². The van der Waals surface area contributed by atoms with Gasteiger partial charge in [0.2, 0.25) is 21.8 Å². The highest BCUT2D eigenvalue weighted by atomic mass is 35.5. The average molecular weight is 539 g/mol. The third-order valence-electron chi connectivity index (χ3n) is 5.69. The molecule has 10 nitrogen and oxygen atoms in total. The molecular weight excluding hydrogens is 508 g/mol. The number of carbonyl (C=O) groups excluding carboxylic acids is 2. The monoisotopic (exact) mass is 538 g/mol. The zero-order chi connectivity index (χ0) is 27.0. The molecule has 2 rings (SSSR count). The molecule has 36 heavy (non-hydrogen) atoms. The maximum absolute atomic E-state index is 13.6. The van der Waals surface area contributed by atoms with Gasteiger partial charge in [0.05, 0.1) is 16.9 Å². The number of anilines is 1. The van der Waals surface area contributed by atoms with Crippen molar-refractivity contribution >= 4 is 44.8 Å². The predicted molar refractivity (Wildman–Crippen MR) is 139 cm³/mol. The number of rotatable bonds is 12. The highest BCUT2D eigenvalue weighted by Crippen LogP contribution is 2.25. The lowest BCUT2D eigenvalue weighted by Gasteiger charge is -2.33. The van der Waals surface area contributed by atoms with Crippen LogP contribution in [0.5, 0.6) is 0 Å². The van der Waals surface area contributed by atoms with E-state index in [0.29, 0.717) is 17.0 Å². The minimum atomic E-state index is -4.01. The van der Waals surface area contributed by atoms with Crippen LogP contribution in [0.15, 0.2) is 48.5 Å². The molecule has 1 N–H and O–H groups in total. The van der Waals surface area contributed by atoms with Gasteiger partial charge in [-0.1, -0.05) is 49.7 Å². The molecule has 0 aliphatic heterocycles. The Morgan fingerprint density at radius 2 is 1.78 bits per heavy atom. The number of halogens is 1. The van der Waals surface area contributed by atoms with E-state index in [1.165, 1.54) is 23.1 Å². The molecule has 0 radical (unpaired) electrons. The molecule has 0 unspecified atom stereocenters. The lowest BCUT2D eigenvalue weighted by molar-refractivity contribution is -0.384. The molecule has 2 amide bonds. The van der Waals surface area contributed by atoms with Crippen LogP contribution < -0.4 is 9.62 Å². The zero-order valence-corrected chi connectivity index (χ0v) is 22.3. The molecule has 0 spiro atoms. The summed E-state index contributed by atoms with van der Waals surface area (Å²) in [6, 6.07) is 10.9. The van der Waals surface area contributed by atoms with Crippen molar-refractivity contribution in [3.8, 4) is 0 Å². The standard InChI is InChI=1S/C24H31ClN4O6S/c1-5-17(3)26-24(31)22(6-2)27(15-18-10-7-8-13-21(18)25)23(30)16-28(36(4,34)35)19-11-9-12-20(14-19)29(32)33/h7-14,17,22H,5-6,15-16H2,1-4H3,(H,26,31)/t17-,22+/m0/s1. The molecule has 0 aromatic heterocycles. The minimum Gasteiger partial charge on any atom is -0.352 e. The Morgan fingerprint density at radius 3 is 2.33 bits per heavy atom. The van der Waals surface area contributed by atoms with Gasteiger partial charge in [0.25, 0.3) is 5.69 Å². The van der Waals surface area contributed by atoms with Gasteiger partial charge in [-0.25, -0.2) is 8.42 Å². The summed E-state index contributed by atoms with van der Waals surface area (Å²) in [7, 11) is -4.01. The van der Waals surface area contributed by atoms with E-state index in [4.69, 9.17) is 11.6 Å². The fourth-order valence-electron chi connectivity index (χ4n) is 3.55. The summed E-state index contributed by atoms with van der Waals surface area (Å²) in [5, 5.41) is 14.5. The molecule has 12 heteroatoms. The van der Waals surface area contributed by atoms with Crippen molar-refractivity contribution in [2.45, 2.75) is 52.2 Å². The van der Waals surface area contributed by atoms with E-state index in [2.05, 4.69) is 5.32 Å². The van der Waals surface area contributed by atoms with Crippen molar-refractivity contribution in [1.82, 2.24) is 10.2 Å². The van der Waals surface area contributed by atoms with Crippen LogP contribution in [0.4, 0.5) is 11.4 Å². The zero-order valence-electron chi connectivity index (χ0n) is 20.7. The molecule has 0 saturated carbocycles. The third kappa shape index (κ3) is 7.66. The molecule has 0 fully saturated rings. The third-order valence-corrected chi connectivity index (χ3v) is 7.20. The topological polar surface area (TPSA) is 130 Å².